The Morgan fingerprint density at radius 3 is 1.54 bits per heavy atom. The first-order valence-corrected chi connectivity index (χ1v) is 8.43. The van der Waals surface area contributed by atoms with Crippen molar-refractivity contribution < 1.29 is 8.78 Å². The minimum absolute atomic E-state index is 0.265. The van der Waals surface area contributed by atoms with Gasteiger partial charge in [-0.2, -0.15) is 0 Å². The van der Waals surface area contributed by atoms with Crippen molar-refractivity contribution in [3.63, 3.8) is 0 Å². The van der Waals surface area contributed by atoms with E-state index >= 15 is 0 Å². The quantitative estimate of drug-likeness (QED) is 0.377. The highest BCUT2D eigenvalue weighted by atomic mass is 19.1. The maximum atomic E-state index is 14.6. The fourth-order valence-corrected chi connectivity index (χ4v) is 3.08. The Labute approximate surface area is 151 Å². The van der Waals surface area contributed by atoms with E-state index in [1.54, 1.807) is 30.3 Å². The highest BCUT2D eigenvalue weighted by Gasteiger charge is 2.09. The molecule has 4 aromatic carbocycles. The van der Waals surface area contributed by atoms with E-state index in [-0.39, 0.29) is 11.6 Å². The van der Waals surface area contributed by atoms with Gasteiger partial charge in [-0.15, -0.1) is 0 Å². The molecule has 0 aliphatic carbocycles. The molecule has 0 radical (unpaired) electrons. The monoisotopic (exact) mass is 342 g/mol. The predicted octanol–water partition coefficient (Wildman–Crippen LogP) is 6.97. The molecule has 0 saturated heterocycles. The highest BCUT2D eigenvalue weighted by Crippen LogP contribution is 2.30. The van der Waals surface area contributed by atoms with Gasteiger partial charge in [0.25, 0.3) is 0 Å². The molecule has 0 atom stereocenters. The van der Waals surface area contributed by atoms with E-state index in [4.69, 9.17) is 0 Å². The summed E-state index contributed by atoms with van der Waals surface area (Å²) in [5.41, 5.74) is 4.43. The first-order chi connectivity index (χ1) is 12.7. The zero-order valence-corrected chi connectivity index (χ0v) is 14.0. The normalized spacial score (nSPS) is 10.7. The third kappa shape index (κ3) is 3.14. The zero-order chi connectivity index (χ0) is 17.9. The van der Waals surface area contributed by atoms with Crippen LogP contribution in [0.4, 0.5) is 8.78 Å². The Morgan fingerprint density at radius 1 is 0.385 bits per heavy atom. The van der Waals surface area contributed by atoms with Crippen molar-refractivity contribution in [2.24, 2.45) is 0 Å². The smallest absolute Gasteiger partial charge is 0.131 e. The molecule has 0 heterocycles. The predicted molar refractivity (Wildman–Crippen MR) is 103 cm³/mol. The maximum Gasteiger partial charge on any atom is 0.131 e. The molecule has 2 heteroatoms. The zero-order valence-electron chi connectivity index (χ0n) is 14.0. The lowest BCUT2D eigenvalue weighted by atomic mass is 9.97. The Kier molecular flexibility index (Phi) is 4.32. The van der Waals surface area contributed by atoms with E-state index < -0.39 is 0 Å². The van der Waals surface area contributed by atoms with Gasteiger partial charge < -0.3 is 0 Å². The molecule has 0 fully saturated rings. The van der Waals surface area contributed by atoms with Crippen LogP contribution in [-0.2, 0) is 0 Å². The first-order valence-electron chi connectivity index (χ1n) is 8.43. The molecule has 0 spiro atoms. The lowest BCUT2D eigenvalue weighted by Crippen LogP contribution is -1.88. The third-order valence-corrected chi connectivity index (χ3v) is 4.46. The summed E-state index contributed by atoms with van der Waals surface area (Å²) >= 11 is 0. The van der Waals surface area contributed by atoms with Crippen molar-refractivity contribution in [3.8, 4) is 33.4 Å². The standard InChI is InChI=1S/C24H16F2/c25-23-9-5-4-8-21(23)18-10-12-19(13-11-18)22-15-14-20(16-24(22)26)17-6-2-1-3-7-17/h1-16H. The third-order valence-electron chi connectivity index (χ3n) is 4.46. The van der Waals surface area contributed by atoms with Gasteiger partial charge in [-0.3, -0.25) is 0 Å². The summed E-state index contributed by atoms with van der Waals surface area (Å²) in [7, 11) is 0. The van der Waals surface area contributed by atoms with Crippen LogP contribution in [0.15, 0.2) is 97.1 Å². The van der Waals surface area contributed by atoms with Crippen LogP contribution in [0.25, 0.3) is 33.4 Å². The summed E-state index contributed by atoms with van der Waals surface area (Å²) in [5, 5.41) is 0. The van der Waals surface area contributed by atoms with Crippen molar-refractivity contribution in [1.29, 1.82) is 0 Å². The molecule has 0 aliphatic heterocycles. The summed E-state index contributed by atoms with van der Waals surface area (Å²) in [4.78, 5) is 0. The molecule has 4 rings (SSSR count). The van der Waals surface area contributed by atoms with Gasteiger partial charge in [0.1, 0.15) is 11.6 Å². The van der Waals surface area contributed by atoms with Crippen LogP contribution in [0.2, 0.25) is 0 Å². The molecule has 0 bridgehead atoms. The minimum Gasteiger partial charge on any atom is -0.206 e. The Hall–Kier alpha value is -3.26. The molecular formula is C24H16F2. The largest absolute Gasteiger partial charge is 0.206 e. The molecule has 4 aromatic rings. The van der Waals surface area contributed by atoms with Gasteiger partial charge in [0.15, 0.2) is 0 Å². The highest BCUT2D eigenvalue weighted by molar-refractivity contribution is 5.73. The van der Waals surface area contributed by atoms with Crippen molar-refractivity contribution in [1.82, 2.24) is 0 Å². The van der Waals surface area contributed by atoms with E-state index in [0.717, 1.165) is 22.3 Å². The summed E-state index contributed by atoms with van der Waals surface area (Å²) in [5.74, 6) is -0.538. The van der Waals surface area contributed by atoms with Gasteiger partial charge in [-0.1, -0.05) is 84.9 Å². The second-order valence-electron chi connectivity index (χ2n) is 6.12. The van der Waals surface area contributed by atoms with Crippen molar-refractivity contribution in [3.05, 3.63) is 109 Å². The van der Waals surface area contributed by atoms with E-state index in [9.17, 15) is 8.78 Å². The van der Waals surface area contributed by atoms with E-state index in [1.807, 2.05) is 60.7 Å². The second-order valence-corrected chi connectivity index (χ2v) is 6.12. The van der Waals surface area contributed by atoms with Gasteiger partial charge in [0.2, 0.25) is 0 Å². The van der Waals surface area contributed by atoms with E-state index in [0.29, 0.717) is 11.1 Å². The average Bonchev–Trinajstić information content (AvgIpc) is 2.69. The van der Waals surface area contributed by atoms with Gasteiger partial charge in [0, 0.05) is 11.1 Å². The van der Waals surface area contributed by atoms with Crippen LogP contribution < -0.4 is 0 Å². The van der Waals surface area contributed by atoms with Crippen molar-refractivity contribution in [2.75, 3.05) is 0 Å². The van der Waals surface area contributed by atoms with Gasteiger partial charge >= 0.3 is 0 Å². The Balaban J connectivity index is 1.67. The van der Waals surface area contributed by atoms with Crippen LogP contribution >= 0.6 is 0 Å². The fraction of sp³-hybridized carbons (Fsp3) is 0. The number of hydrogen-bond donors (Lipinski definition) is 0. The summed E-state index contributed by atoms with van der Waals surface area (Å²) < 4.78 is 28.6. The summed E-state index contributed by atoms with van der Waals surface area (Å²) in [6.07, 6.45) is 0. The number of halogens is 2. The van der Waals surface area contributed by atoms with Crippen LogP contribution in [0.5, 0.6) is 0 Å². The SMILES string of the molecule is Fc1ccccc1-c1ccc(-c2ccc(-c3ccccc3)cc2F)cc1. The average molecular weight is 342 g/mol. The molecule has 0 unspecified atom stereocenters. The number of benzene rings is 4. The minimum atomic E-state index is -0.273. The number of hydrogen-bond acceptors (Lipinski definition) is 0. The first kappa shape index (κ1) is 16.2. The fourth-order valence-electron chi connectivity index (χ4n) is 3.08. The van der Waals surface area contributed by atoms with Gasteiger partial charge in [0.05, 0.1) is 0 Å². The molecular weight excluding hydrogens is 326 g/mol. The molecule has 0 aliphatic rings. The lowest BCUT2D eigenvalue weighted by molar-refractivity contribution is 0.631. The van der Waals surface area contributed by atoms with Crippen LogP contribution in [0.3, 0.4) is 0 Å². The molecule has 0 saturated carbocycles. The molecule has 26 heavy (non-hydrogen) atoms. The molecule has 0 amide bonds. The van der Waals surface area contributed by atoms with Crippen LogP contribution in [-0.4, -0.2) is 0 Å². The molecule has 0 N–H and O–H groups in total. The topological polar surface area (TPSA) is 0 Å². The Bertz CT molecular complexity index is 1040. The Morgan fingerprint density at radius 2 is 0.923 bits per heavy atom. The summed E-state index contributed by atoms with van der Waals surface area (Å²) in [6.45, 7) is 0. The van der Waals surface area contributed by atoms with Crippen molar-refractivity contribution >= 4 is 0 Å². The van der Waals surface area contributed by atoms with E-state index in [2.05, 4.69) is 0 Å². The van der Waals surface area contributed by atoms with Crippen molar-refractivity contribution in [2.45, 2.75) is 0 Å². The van der Waals surface area contributed by atoms with Gasteiger partial charge in [-0.05, 0) is 34.4 Å². The molecule has 126 valence electrons. The molecule has 0 aromatic heterocycles. The second kappa shape index (κ2) is 6.93. The number of rotatable bonds is 3. The lowest BCUT2D eigenvalue weighted by Gasteiger charge is -2.09. The van der Waals surface area contributed by atoms with Crippen LogP contribution in [0, 0.1) is 11.6 Å². The molecule has 0 nitrogen and oxygen atoms in total. The van der Waals surface area contributed by atoms with E-state index in [1.165, 1.54) is 6.07 Å². The maximum absolute atomic E-state index is 14.6. The van der Waals surface area contributed by atoms with Gasteiger partial charge in [-0.25, -0.2) is 8.78 Å². The summed E-state index contributed by atoms with van der Waals surface area (Å²) in [6, 6.07) is 28.9. The van der Waals surface area contributed by atoms with Crippen LogP contribution in [0.1, 0.15) is 0 Å².